The van der Waals surface area contributed by atoms with Crippen LogP contribution in [0.25, 0.3) is 0 Å². The Morgan fingerprint density at radius 1 is 1.50 bits per heavy atom. The summed E-state index contributed by atoms with van der Waals surface area (Å²) in [6, 6.07) is 0. The summed E-state index contributed by atoms with van der Waals surface area (Å²) in [6.07, 6.45) is 7.15. The summed E-state index contributed by atoms with van der Waals surface area (Å²) >= 11 is 0. The summed E-state index contributed by atoms with van der Waals surface area (Å²) in [4.78, 5) is 4.21. The van der Waals surface area contributed by atoms with Crippen LogP contribution in [0.3, 0.4) is 0 Å². The minimum Gasteiger partial charge on any atom is -0.396 e. The van der Waals surface area contributed by atoms with Crippen LogP contribution in [0.5, 0.6) is 0 Å². The molecule has 0 saturated heterocycles. The Kier molecular flexibility index (Phi) is 2.54. The number of aliphatic hydroxyl groups excluding tert-OH is 1. The van der Waals surface area contributed by atoms with Crippen LogP contribution in [-0.4, -0.2) is 26.5 Å². The van der Waals surface area contributed by atoms with Crippen molar-refractivity contribution in [3.8, 4) is 0 Å². The number of aryl methyl sites for hydroxylation is 1. The molecule has 0 spiro atoms. The Morgan fingerprint density at radius 2 is 2.21 bits per heavy atom. The van der Waals surface area contributed by atoms with Crippen molar-refractivity contribution in [2.75, 3.05) is 6.61 Å². The van der Waals surface area contributed by atoms with Crippen molar-refractivity contribution >= 4 is 0 Å². The van der Waals surface area contributed by atoms with Gasteiger partial charge in [0.15, 0.2) is 0 Å². The Morgan fingerprint density at radius 3 is 2.71 bits per heavy atom. The van der Waals surface area contributed by atoms with Crippen molar-refractivity contribution in [1.29, 1.82) is 0 Å². The number of hydrogen-bond donors (Lipinski definition) is 1. The summed E-state index contributed by atoms with van der Waals surface area (Å²) in [7, 11) is 1.91. The van der Waals surface area contributed by atoms with Crippen LogP contribution in [0.15, 0.2) is 6.33 Å². The van der Waals surface area contributed by atoms with Gasteiger partial charge in [0.2, 0.25) is 0 Å². The normalized spacial score (nSPS) is 20.1. The third-order valence-corrected chi connectivity index (χ3v) is 3.34. The second-order valence-electron chi connectivity index (χ2n) is 4.34. The van der Waals surface area contributed by atoms with Gasteiger partial charge in [-0.05, 0) is 12.8 Å². The molecule has 0 bridgehead atoms. The molecule has 78 valence electrons. The van der Waals surface area contributed by atoms with E-state index in [1.54, 1.807) is 11.0 Å². The molecule has 1 aromatic heterocycles. The predicted octanol–water partition coefficient (Wildman–Crippen LogP) is 0.910. The Labute approximate surface area is 84.0 Å². The van der Waals surface area contributed by atoms with E-state index in [4.69, 9.17) is 0 Å². The molecule has 0 amide bonds. The average Bonchev–Trinajstić information content (AvgIpc) is 2.79. The summed E-state index contributed by atoms with van der Waals surface area (Å²) in [5, 5.41) is 13.5. The zero-order valence-electron chi connectivity index (χ0n) is 8.61. The minimum absolute atomic E-state index is 0.0841. The van der Waals surface area contributed by atoms with E-state index in [1.807, 2.05) is 7.05 Å². The molecule has 1 saturated carbocycles. The summed E-state index contributed by atoms with van der Waals surface area (Å²) in [6.45, 7) is 0.278. The van der Waals surface area contributed by atoms with Crippen molar-refractivity contribution in [3.05, 3.63) is 12.2 Å². The lowest BCUT2D eigenvalue weighted by atomic mass is 9.83. The van der Waals surface area contributed by atoms with E-state index in [9.17, 15) is 5.11 Å². The Bertz CT molecular complexity index is 302. The van der Waals surface area contributed by atoms with Crippen molar-refractivity contribution in [1.82, 2.24) is 14.8 Å². The van der Waals surface area contributed by atoms with Gasteiger partial charge in [0.05, 0.1) is 0 Å². The van der Waals surface area contributed by atoms with Gasteiger partial charge in [-0.15, -0.1) is 0 Å². The highest BCUT2D eigenvalue weighted by Crippen LogP contribution is 2.39. The fourth-order valence-electron chi connectivity index (χ4n) is 2.33. The maximum absolute atomic E-state index is 9.45. The molecule has 1 heterocycles. The van der Waals surface area contributed by atoms with Crippen LogP contribution < -0.4 is 0 Å². The fraction of sp³-hybridized carbons (Fsp3) is 0.800. The Balaban J connectivity index is 2.12. The molecule has 1 N–H and O–H groups in total. The van der Waals surface area contributed by atoms with Gasteiger partial charge in [0.1, 0.15) is 12.2 Å². The number of aromatic nitrogens is 3. The van der Waals surface area contributed by atoms with E-state index >= 15 is 0 Å². The molecule has 1 fully saturated rings. The quantitative estimate of drug-likeness (QED) is 0.780. The highest BCUT2D eigenvalue weighted by molar-refractivity contribution is 4.95. The zero-order valence-corrected chi connectivity index (χ0v) is 8.61. The second kappa shape index (κ2) is 3.69. The smallest absolute Gasteiger partial charge is 0.138 e. The van der Waals surface area contributed by atoms with Crippen LogP contribution in [0.2, 0.25) is 0 Å². The molecule has 4 nitrogen and oxygen atoms in total. The first-order valence-corrected chi connectivity index (χ1v) is 5.19. The first-order chi connectivity index (χ1) is 6.76. The molecule has 0 unspecified atom stereocenters. The van der Waals surface area contributed by atoms with Crippen LogP contribution in [0, 0.1) is 5.41 Å². The monoisotopic (exact) mass is 195 g/mol. The van der Waals surface area contributed by atoms with Gasteiger partial charge < -0.3 is 5.11 Å². The van der Waals surface area contributed by atoms with Gasteiger partial charge in [-0.2, -0.15) is 5.10 Å². The number of aliphatic hydroxyl groups is 1. The van der Waals surface area contributed by atoms with Gasteiger partial charge in [-0.3, -0.25) is 4.68 Å². The van der Waals surface area contributed by atoms with E-state index in [-0.39, 0.29) is 12.0 Å². The predicted molar refractivity (Wildman–Crippen MR) is 52.7 cm³/mol. The fourth-order valence-corrected chi connectivity index (χ4v) is 2.33. The number of rotatable bonds is 3. The summed E-state index contributed by atoms with van der Waals surface area (Å²) in [5.74, 6) is 0.987. The SMILES string of the molecule is Cn1ncnc1CC1(CO)CCCC1. The van der Waals surface area contributed by atoms with Gasteiger partial charge in [-0.25, -0.2) is 4.98 Å². The third-order valence-electron chi connectivity index (χ3n) is 3.34. The summed E-state index contributed by atoms with van der Waals surface area (Å²) < 4.78 is 1.80. The third kappa shape index (κ3) is 1.66. The largest absolute Gasteiger partial charge is 0.396 e. The second-order valence-corrected chi connectivity index (χ2v) is 4.34. The molecule has 0 radical (unpaired) electrons. The molecular weight excluding hydrogens is 178 g/mol. The number of hydrogen-bond acceptors (Lipinski definition) is 3. The minimum atomic E-state index is 0.0841. The van der Waals surface area contributed by atoms with Gasteiger partial charge >= 0.3 is 0 Å². The standard InChI is InChI=1S/C10H17N3O/c1-13-9(11-8-12-13)6-10(7-14)4-2-3-5-10/h8,14H,2-7H2,1H3. The van der Waals surface area contributed by atoms with Crippen molar-refractivity contribution in [2.45, 2.75) is 32.1 Å². The molecule has 14 heavy (non-hydrogen) atoms. The van der Waals surface area contributed by atoms with Crippen LogP contribution in [0.4, 0.5) is 0 Å². The maximum Gasteiger partial charge on any atom is 0.138 e. The summed E-state index contributed by atoms with van der Waals surface area (Å²) in [5.41, 5.74) is 0.0841. The lowest BCUT2D eigenvalue weighted by Crippen LogP contribution is -2.26. The van der Waals surface area contributed by atoms with Gasteiger partial charge in [-0.1, -0.05) is 12.8 Å². The lowest BCUT2D eigenvalue weighted by Gasteiger charge is -2.25. The molecule has 1 aromatic rings. The maximum atomic E-state index is 9.45. The average molecular weight is 195 g/mol. The zero-order chi connectivity index (χ0) is 10.0. The van der Waals surface area contributed by atoms with E-state index < -0.39 is 0 Å². The topological polar surface area (TPSA) is 50.9 Å². The van der Waals surface area contributed by atoms with E-state index in [0.29, 0.717) is 0 Å². The molecule has 4 heteroatoms. The van der Waals surface area contributed by atoms with Crippen LogP contribution in [-0.2, 0) is 13.5 Å². The first-order valence-electron chi connectivity index (χ1n) is 5.19. The van der Waals surface area contributed by atoms with E-state index in [1.165, 1.54) is 12.8 Å². The first kappa shape index (κ1) is 9.65. The molecular formula is C10H17N3O. The van der Waals surface area contributed by atoms with E-state index in [2.05, 4.69) is 10.1 Å². The van der Waals surface area contributed by atoms with Gasteiger partial charge in [0, 0.05) is 25.5 Å². The van der Waals surface area contributed by atoms with E-state index in [0.717, 1.165) is 25.1 Å². The van der Waals surface area contributed by atoms with Crippen LogP contribution >= 0.6 is 0 Å². The molecule has 1 aliphatic rings. The molecule has 1 aliphatic carbocycles. The van der Waals surface area contributed by atoms with Gasteiger partial charge in [0.25, 0.3) is 0 Å². The number of nitrogens with zero attached hydrogens (tertiary/aromatic N) is 3. The lowest BCUT2D eigenvalue weighted by molar-refractivity contribution is 0.127. The van der Waals surface area contributed by atoms with Crippen molar-refractivity contribution in [2.24, 2.45) is 12.5 Å². The van der Waals surface area contributed by atoms with Crippen LogP contribution in [0.1, 0.15) is 31.5 Å². The highest BCUT2D eigenvalue weighted by Gasteiger charge is 2.34. The van der Waals surface area contributed by atoms with Crippen molar-refractivity contribution in [3.63, 3.8) is 0 Å². The molecule has 2 rings (SSSR count). The van der Waals surface area contributed by atoms with Crippen molar-refractivity contribution < 1.29 is 5.11 Å². The molecule has 0 aromatic carbocycles. The molecule has 0 atom stereocenters. The highest BCUT2D eigenvalue weighted by atomic mass is 16.3. The Hall–Kier alpha value is -0.900. The molecule has 0 aliphatic heterocycles.